The Morgan fingerprint density at radius 1 is 1.28 bits per heavy atom. The summed E-state index contributed by atoms with van der Waals surface area (Å²) in [6.07, 6.45) is 5.72. The lowest BCUT2D eigenvalue weighted by molar-refractivity contribution is -0.122. The molecule has 1 aromatic rings. The molecule has 1 saturated heterocycles. The van der Waals surface area contributed by atoms with E-state index in [9.17, 15) is 4.79 Å². The second-order valence-corrected chi connectivity index (χ2v) is 7.41. The summed E-state index contributed by atoms with van der Waals surface area (Å²) in [7, 11) is 0. The van der Waals surface area contributed by atoms with E-state index in [4.69, 9.17) is 10.7 Å². The highest BCUT2D eigenvalue weighted by Gasteiger charge is 2.24. The van der Waals surface area contributed by atoms with Crippen molar-refractivity contribution in [1.82, 2.24) is 15.6 Å². The topological polar surface area (TPSA) is 95.6 Å². The zero-order valence-corrected chi connectivity index (χ0v) is 20.3. The number of primary amides is 1. The first kappa shape index (κ1) is 25.5. The lowest BCUT2D eigenvalue weighted by atomic mass is 9.96. The van der Waals surface area contributed by atoms with Gasteiger partial charge in [-0.1, -0.05) is 32.8 Å². The molecule has 2 rings (SSSR count). The van der Waals surface area contributed by atoms with Crippen LogP contribution >= 0.6 is 24.0 Å². The summed E-state index contributed by atoms with van der Waals surface area (Å²) in [6.45, 7) is 10.5. The molecule has 1 amide bonds. The Hall–Kier alpha value is -1.58. The molecule has 164 valence electrons. The van der Waals surface area contributed by atoms with E-state index in [0.29, 0.717) is 12.5 Å². The second kappa shape index (κ2) is 13.6. The Morgan fingerprint density at radius 2 is 1.97 bits per heavy atom. The minimum atomic E-state index is -0.190. The number of piperidine rings is 1. The monoisotopic (exact) mass is 516 g/mol. The summed E-state index contributed by atoms with van der Waals surface area (Å²) in [4.78, 5) is 23.0. The highest BCUT2D eigenvalue weighted by Crippen LogP contribution is 2.24. The smallest absolute Gasteiger partial charge is 0.220 e. The van der Waals surface area contributed by atoms with Crippen molar-refractivity contribution in [2.75, 3.05) is 31.1 Å². The Kier molecular flexibility index (Phi) is 11.9. The van der Waals surface area contributed by atoms with Gasteiger partial charge in [0, 0.05) is 43.9 Å². The number of rotatable bonds is 9. The van der Waals surface area contributed by atoms with Gasteiger partial charge < -0.3 is 21.3 Å². The van der Waals surface area contributed by atoms with Crippen molar-refractivity contribution in [3.05, 3.63) is 23.9 Å². The molecule has 0 radical (unpaired) electrons. The standard InChI is InChI=1S/C21H36N6O.HI/c1-4-16(5-2)14-25-21(23-6-3)26-15-18-8-7-11-24-20(18)27-12-9-17(10-13-27)19(22)28;/h7-8,11,16-17H,4-6,9-10,12-15H2,1-3H3,(H2,22,28)(H2,23,25,26);1H. The van der Waals surface area contributed by atoms with Gasteiger partial charge in [0.2, 0.25) is 5.91 Å². The number of hydrogen-bond donors (Lipinski definition) is 3. The van der Waals surface area contributed by atoms with Crippen molar-refractivity contribution in [2.24, 2.45) is 22.6 Å². The number of halogens is 1. The number of aromatic nitrogens is 1. The average Bonchev–Trinajstić information content (AvgIpc) is 2.73. The summed E-state index contributed by atoms with van der Waals surface area (Å²) in [5.41, 5.74) is 6.55. The second-order valence-electron chi connectivity index (χ2n) is 7.41. The molecule has 29 heavy (non-hydrogen) atoms. The molecular weight excluding hydrogens is 479 g/mol. The molecule has 0 spiro atoms. The number of amides is 1. The predicted molar refractivity (Wildman–Crippen MR) is 131 cm³/mol. The van der Waals surface area contributed by atoms with Crippen LogP contribution in [0.5, 0.6) is 0 Å². The van der Waals surface area contributed by atoms with Gasteiger partial charge in [-0.25, -0.2) is 9.98 Å². The normalized spacial score (nSPS) is 15.2. The van der Waals surface area contributed by atoms with Crippen molar-refractivity contribution in [3.63, 3.8) is 0 Å². The van der Waals surface area contributed by atoms with E-state index in [2.05, 4.69) is 47.4 Å². The van der Waals surface area contributed by atoms with E-state index in [1.807, 2.05) is 12.3 Å². The number of nitrogens with one attached hydrogen (secondary N) is 2. The molecule has 1 aliphatic heterocycles. The van der Waals surface area contributed by atoms with Crippen LogP contribution in [0.1, 0.15) is 52.0 Å². The summed E-state index contributed by atoms with van der Waals surface area (Å²) in [5, 5.41) is 6.79. The van der Waals surface area contributed by atoms with Gasteiger partial charge >= 0.3 is 0 Å². The maximum Gasteiger partial charge on any atom is 0.220 e. The summed E-state index contributed by atoms with van der Waals surface area (Å²) >= 11 is 0. The highest BCUT2D eigenvalue weighted by atomic mass is 127. The van der Waals surface area contributed by atoms with Crippen LogP contribution in [0.4, 0.5) is 5.82 Å². The Bertz CT molecular complexity index is 642. The van der Waals surface area contributed by atoms with E-state index in [-0.39, 0.29) is 35.8 Å². The highest BCUT2D eigenvalue weighted by molar-refractivity contribution is 14.0. The third-order valence-electron chi connectivity index (χ3n) is 5.53. The molecule has 1 aliphatic rings. The molecule has 4 N–H and O–H groups in total. The molecule has 7 nitrogen and oxygen atoms in total. The van der Waals surface area contributed by atoms with Crippen LogP contribution in [0.2, 0.25) is 0 Å². The Labute approximate surface area is 192 Å². The molecule has 0 aliphatic carbocycles. The number of guanidine groups is 1. The van der Waals surface area contributed by atoms with Crippen LogP contribution in [0.3, 0.4) is 0 Å². The van der Waals surface area contributed by atoms with Crippen LogP contribution in [0, 0.1) is 11.8 Å². The minimum Gasteiger partial charge on any atom is -0.369 e. The maximum atomic E-state index is 11.4. The molecule has 1 aromatic heterocycles. The van der Waals surface area contributed by atoms with Gasteiger partial charge in [0.25, 0.3) is 0 Å². The summed E-state index contributed by atoms with van der Waals surface area (Å²) < 4.78 is 0. The Morgan fingerprint density at radius 3 is 2.55 bits per heavy atom. The van der Waals surface area contributed by atoms with Crippen molar-refractivity contribution >= 4 is 41.7 Å². The molecule has 0 aromatic carbocycles. The summed E-state index contributed by atoms with van der Waals surface area (Å²) in [6, 6.07) is 4.03. The van der Waals surface area contributed by atoms with Gasteiger partial charge in [-0.2, -0.15) is 0 Å². The Balaban J connectivity index is 0.00000420. The fourth-order valence-corrected chi connectivity index (χ4v) is 3.54. The van der Waals surface area contributed by atoms with Crippen LogP contribution < -0.4 is 21.3 Å². The third-order valence-corrected chi connectivity index (χ3v) is 5.53. The third kappa shape index (κ3) is 7.98. The van der Waals surface area contributed by atoms with Gasteiger partial charge in [-0.3, -0.25) is 4.79 Å². The van der Waals surface area contributed by atoms with Crippen molar-refractivity contribution < 1.29 is 4.79 Å². The van der Waals surface area contributed by atoms with Crippen LogP contribution in [-0.4, -0.2) is 43.0 Å². The first-order valence-corrected chi connectivity index (χ1v) is 10.6. The zero-order chi connectivity index (χ0) is 20.4. The molecule has 0 unspecified atom stereocenters. The van der Waals surface area contributed by atoms with Gasteiger partial charge in [-0.05, 0) is 31.7 Å². The lowest BCUT2D eigenvalue weighted by Crippen LogP contribution is -2.40. The van der Waals surface area contributed by atoms with Gasteiger partial charge in [0.15, 0.2) is 5.96 Å². The SMILES string of the molecule is CCNC(=NCc1cccnc1N1CCC(C(N)=O)CC1)NCC(CC)CC.I. The molecular formula is C21H37IN6O. The molecule has 8 heteroatoms. The number of anilines is 1. The summed E-state index contributed by atoms with van der Waals surface area (Å²) in [5.74, 6) is 2.26. The number of pyridine rings is 1. The molecule has 0 bridgehead atoms. The van der Waals surface area contributed by atoms with Gasteiger partial charge in [-0.15, -0.1) is 24.0 Å². The number of carbonyl (C=O) groups excluding carboxylic acids is 1. The fourth-order valence-electron chi connectivity index (χ4n) is 3.54. The number of nitrogens with zero attached hydrogens (tertiary/aromatic N) is 3. The van der Waals surface area contributed by atoms with Gasteiger partial charge in [0.1, 0.15) is 5.82 Å². The van der Waals surface area contributed by atoms with E-state index in [1.165, 1.54) is 0 Å². The fraction of sp³-hybridized carbons (Fsp3) is 0.667. The molecule has 2 heterocycles. The average molecular weight is 516 g/mol. The van der Waals surface area contributed by atoms with E-state index >= 15 is 0 Å². The predicted octanol–water partition coefficient (Wildman–Crippen LogP) is 2.89. The first-order valence-electron chi connectivity index (χ1n) is 10.6. The number of hydrogen-bond acceptors (Lipinski definition) is 4. The van der Waals surface area contributed by atoms with Crippen molar-refractivity contribution in [3.8, 4) is 0 Å². The van der Waals surface area contributed by atoms with Crippen LogP contribution in [0.15, 0.2) is 23.3 Å². The number of nitrogens with two attached hydrogens (primary N) is 1. The van der Waals surface area contributed by atoms with E-state index < -0.39 is 0 Å². The lowest BCUT2D eigenvalue weighted by Gasteiger charge is -2.32. The zero-order valence-electron chi connectivity index (χ0n) is 18.0. The van der Waals surface area contributed by atoms with Crippen molar-refractivity contribution in [1.29, 1.82) is 0 Å². The van der Waals surface area contributed by atoms with Crippen LogP contribution in [-0.2, 0) is 11.3 Å². The minimum absolute atomic E-state index is 0. The number of carbonyl (C=O) groups is 1. The molecule has 0 atom stereocenters. The number of aliphatic imine (C=N–C) groups is 1. The van der Waals surface area contributed by atoms with E-state index in [1.54, 1.807) is 0 Å². The largest absolute Gasteiger partial charge is 0.369 e. The van der Waals surface area contributed by atoms with Crippen LogP contribution in [0.25, 0.3) is 0 Å². The van der Waals surface area contributed by atoms with Crippen molar-refractivity contribution in [2.45, 2.75) is 53.0 Å². The molecule has 0 saturated carbocycles. The van der Waals surface area contributed by atoms with E-state index in [0.717, 1.165) is 69.2 Å². The first-order chi connectivity index (χ1) is 13.6. The maximum absolute atomic E-state index is 11.4. The quantitative estimate of drug-likeness (QED) is 0.267. The molecule has 1 fully saturated rings. The van der Waals surface area contributed by atoms with Gasteiger partial charge in [0.05, 0.1) is 6.54 Å².